The molecule has 4 N–H and O–H groups in total. The average molecular weight is 247 g/mol. The maximum atomic E-state index is 5.51. The first-order valence-corrected chi connectivity index (χ1v) is 5.72. The summed E-state index contributed by atoms with van der Waals surface area (Å²) in [4.78, 5) is 8.29. The van der Waals surface area contributed by atoms with Gasteiger partial charge >= 0.3 is 0 Å². The number of hydrogen-bond acceptors (Lipinski definition) is 6. The second-order valence-electron chi connectivity index (χ2n) is 4.17. The van der Waals surface area contributed by atoms with Crippen molar-refractivity contribution >= 4 is 11.6 Å². The quantitative estimate of drug-likeness (QED) is 0.566. The molecule has 18 heavy (non-hydrogen) atoms. The number of nitrogen functional groups attached to an aromatic ring is 1. The van der Waals surface area contributed by atoms with Crippen LogP contribution in [-0.2, 0) is 0 Å². The number of nitrogens with two attached hydrogens (primary N) is 1. The lowest BCUT2D eigenvalue weighted by atomic mass is 10.1. The van der Waals surface area contributed by atoms with E-state index < -0.39 is 0 Å². The van der Waals surface area contributed by atoms with Gasteiger partial charge in [0.05, 0.1) is 18.4 Å². The first kappa shape index (κ1) is 12.4. The molecule has 0 spiro atoms. The molecule has 1 unspecified atom stereocenters. The van der Waals surface area contributed by atoms with E-state index in [-0.39, 0.29) is 6.04 Å². The Bertz CT molecular complexity index is 537. The highest BCUT2D eigenvalue weighted by atomic mass is 16.3. The largest absolute Gasteiger partial charge is 0.466 e. The van der Waals surface area contributed by atoms with Crippen LogP contribution in [0.2, 0.25) is 0 Å². The van der Waals surface area contributed by atoms with Crippen molar-refractivity contribution in [3.05, 3.63) is 35.5 Å². The number of nitrogens with zero attached hydrogens (tertiary/aromatic N) is 2. The van der Waals surface area contributed by atoms with Gasteiger partial charge in [0.2, 0.25) is 0 Å². The number of hydrazine groups is 1. The average Bonchev–Trinajstić information content (AvgIpc) is 2.69. The molecule has 0 aliphatic carbocycles. The number of furan rings is 1. The second kappa shape index (κ2) is 5.05. The first-order valence-electron chi connectivity index (χ1n) is 5.72. The van der Waals surface area contributed by atoms with Crippen LogP contribution in [0.3, 0.4) is 0 Å². The zero-order chi connectivity index (χ0) is 13.1. The van der Waals surface area contributed by atoms with Gasteiger partial charge in [-0.05, 0) is 26.8 Å². The highest BCUT2D eigenvalue weighted by Crippen LogP contribution is 2.24. The monoisotopic (exact) mass is 247 g/mol. The molecule has 2 rings (SSSR count). The summed E-state index contributed by atoms with van der Waals surface area (Å²) in [5, 5.41) is 3.26. The van der Waals surface area contributed by atoms with E-state index in [4.69, 9.17) is 10.3 Å². The van der Waals surface area contributed by atoms with Crippen LogP contribution in [0.25, 0.3) is 0 Å². The highest BCUT2D eigenvalue weighted by Gasteiger charge is 2.13. The zero-order valence-electron chi connectivity index (χ0n) is 10.7. The lowest BCUT2D eigenvalue weighted by Gasteiger charge is -2.13. The van der Waals surface area contributed by atoms with Crippen LogP contribution in [-0.4, -0.2) is 9.97 Å². The molecule has 6 nitrogen and oxygen atoms in total. The van der Waals surface area contributed by atoms with Gasteiger partial charge in [-0.2, -0.15) is 0 Å². The van der Waals surface area contributed by atoms with Crippen molar-refractivity contribution in [3.63, 3.8) is 0 Å². The fourth-order valence-corrected chi connectivity index (χ4v) is 1.89. The Morgan fingerprint density at radius 3 is 2.61 bits per heavy atom. The summed E-state index contributed by atoms with van der Waals surface area (Å²) in [5.74, 6) is 8.29. The van der Waals surface area contributed by atoms with Crippen LogP contribution in [0, 0.1) is 13.8 Å². The first-order chi connectivity index (χ1) is 8.60. The number of anilines is 2. The Kier molecular flexibility index (Phi) is 3.47. The fourth-order valence-electron chi connectivity index (χ4n) is 1.89. The van der Waals surface area contributed by atoms with Crippen LogP contribution < -0.4 is 16.6 Å². The van der Waals surface area contributed by atoms with E-state index in [0.29, 0.717) is 11.6 Å². The molecular weight excluding hydrogens is 230 g/mol. The second-order valence-corrected chi connectivity index (χ2v) is 4.17. The van der Waals surface area contributed by atoms with Crippen molar-refractivity contribution in [2.45, 2.75) is 26.8 Å². The summed E-state index contributed by atoms with van der Waals surface area (Å²) in [7, 11) is 0. The lowest BCUT2D eigenvalue weighted by Crippen LogP contribution is -2.12. The van der Waals surface area contributed by atoms with Crippen molar-refractivity contribution in [2.24, 2.45) is 5.84 Å². The minimum Gasteiger partial charge on any atom is -0.466 e. The predicted molar refractivity (Wildman–Crippen MR) is 70.1 cm³/mol. The molecule has 0 aliphatic rings. The number of aryl methyl sites for hydroxylation is 2. The molecule has 0 radical (unpaired) electrons. The van der Waals surface area contributed by atoms with Crippen molar-refractivity contribution < 1.29 is 4.42 Å². The van der Waals surface area contributed by atoms with Gasteiger partial charge in [-0.1, -0.05) is 0 Å². The van der Waals surface area contributed by atoms with Crippen LogP contribution in [0.4, 0.5) is 11.6 Å². The van der Waals surface area contributed by atoms with Crippen molar-refractivity contribution in [1.29, 1.82) is 0 Å². The lowest BCUT2D eigenvalue weighted by molar-refractivity contribution is 0.499. The van der Waals surface area contributed by atoms with Gasteiger partial charge in [0.15, 0.2) is 5.82 Å². The third kappa shape index (κ3) is 2.60. The van der Waals surface area contributed by atoms with E-state index >= 15 is 0 Å². The molecule has 0 saturated heterocycles. The van der Waals surface area contributed by atoms with E-state index in [1.54, 1.807) is 12.4 Å². The summed E-state index contributed by atoms with van der Waals surface area (Å²) in [6.07, 6.45) is 3.21. The molecule has 0 amide bonds. The van der Waals surface area contributed by atoms with Gasteiger partial charge in [0, 0.05) is 5.56 Å². The van der Waals surface area contributed by atoms with Gasteiger partial charge in [-0.25, -0.2) is 10.8 Å². The third-order valence-electron chi connectivity index (χ3n) is 2.69. The standard InChI is InChI=1S/C12H17N5O/c1-7-4-10(9(3)18-7)8(2)15-11-5-14-6-12(16-11)17-13/h4-6,8H,13H2,1-3H3,(H2,15,16,17). The molecule has 6 heteroatoms. The van der Waals surface area contributed by atoms with Gasteiger partial charge in [-0.3, -0.25) is 4.98 Å². The maximum absolute atomic E-state index is 5.51. The number of hydrogen-bond donors (Lipinski definition) is 3. The van der Waals surface area contributed by atoms with Crippen LogP contribution in [0.5, 0.6) is 0 Å². The zero-order valence-corrected chi connectivity index (χ0v) is 10.7. The van der Waals surface area contributed by atoms with Crippen molar-refractivity contribution in [2.75, 3.05) is 10.7 Å². The van der Waals surface area contributed by atoms with E-state index in [9.17, 15) is 0 Å². The van der Waals surface area contributed by atoms with Gasteiger partial charge < -0.3 is 15.2 Å². The SMILES string of the molecule is Cc1cc(C(C)Nc2cncc(NN)n2)c(C)o1. The van der Waals surface area contributed by atoms with Crippen molar-refractivity contribution in [3.8, 4) is 0 Å². The molecule has 0 fully saturated rings. The Hall–Kier alpha value is -2.08. The smallest absolute Gasteiger partial charge is 0.160 e. The van der Waals surface area contributed by atoms with E-state index in [1.165, 1.54) is 0 Å². The minimum atomic E-state index is 0.0878. The Morgan fingerprint density at radius 2 is 2.00 bits per heavy atom. The normalized spacial score (nSPS) is 12.2. The topological polar surface area (TPSA) is 89.0 Å². The molecule has 0 aliphatic heterocycles. The summed E-state index contributed by atoms with van der Waals surface area (Å²) < 4.78 is 5.51. The van der Waals surface area contributed by atoms with E-state index in [2.05, 4.69) is 20.7 Å². The molecule has 0 saturated carbocycles. The maximum Gasteiger partial charge on any atom is 0.160 e. The Labute approximate surface area is 106 Å². The van der Waals surface area contributed by atoms with Crippen molar-refractivity contribution in [1.82, 2.24) is 9.97 Å². The molecular formula is C12H17N5O. The summed E-state index contributed by atoms with van der Waals surface area (Å²) in [5.41, 5.74) is 3.58. The minimum absolute atomic E-state index is 0.0878. The number of rotatable bonds is 4. The third-order valence-corrected chi connectivity index (χ3v) is 2.69. The Morgan fingerprint density at radius 1 is 1.28 bits per heavy atom. The molecule has 1 atom stereocenters. The van der Waals surface area contributed by atoms with Crippen LogP contribution in [0.1, 0.15) is 30.0 Å². The molecule has 2 heterocycles. The van der Waals surface area contributed by atoms with Crippen LogP contribution >= 0.6 is 0 Å². The number of aromatic nitrogens is 2. The van der Waals surface area contributed by atoms with E-state index in [0.717, 1.165) is 17.1 Å². The molecule has 96 valence electrons. The predicted octanol–water partition coefficient (Wildman–Crippen LogP) is 2.15. The molecule has 0 aromatic carbocycles. The van der Waals surface area contributed by atoms with E-state index in [1.807, 2.05) is 26.8 Å². The van der Waals surface area contributed by atoms with Gasteiger partial charge in [0.1, 0.15) is 17.3 Å². The molecule has 2 aromatic heterocycles. The summed E-state index contributed by atoms with van der Waals surface area (Å²) in [6, 6.07) is 2.11. The summed E-state index contributed by atoms with van der Waals surface area (Å²) in [6.45, 7) is 5.92. The Balaban J connectivity index is 2.15. The highest BCUT2D eigenvalue weighted by molar-refractivity contribution is 5.43. The van der Waals surface area contributed by atoms with Gasteiger partial charge in [-0.15, -0.1) is 0 Å². The van der Waals surface area contributed by atoms with Gasteiger partial charge in [0.25, 0.3) is 0 Å². The number of nitrogens with one attached hydrogen (secondary N) is 2. The summed E-state index contributed by atoms with van der Waals surface area (Å²) >= 11 is 0. The molecule has 0 bridgehead atoms. The fraction of sp³-hybridized carbons (Fsp3) is 0.333. The molecule has 2 aromatic rings. The van der Waals surface area contributed by atoms with Crippen LogP contribution in [0.15, 0.2) is 22.9 Å².